The molecule has 106 valence electrons. The van der Waals surface area contributed by atoms with Crippen LogP contribution in [-0.4, -0.2) is 15.1 Å². The molecule has 0 radical (unpaired) electrons. The number of aryl methyl sites for hydroxylation is 1. The van der Waals surface area contributed by atoms with E-state index < -0.39 is 4.92 Å². The molecule has 1 aromatic heterocycles. The zero-order valence-corrected chi connectivity index (χ0v) is 11.5. The Morgan fingerprint density at radius 1 is 1.40 bits per heavy atom. The molecule has 20 heavy (non-hydrogen) atoms. The van der Waals surface area contributed by atoms with Gasteiger partial charge in [0.05, 0.1) is 11.0 Å². The van der Waals surface area contributed by atoms with E-state index >= 15 is 0 Å². The fourth-order valence-corrected chi connectivity index (χ4v) is 1.85. The van der Waals surface area contributed by atoms with Gasteiger partial charge in [-0.1, -0.05) is 31.1 Å². The first-order valence-electron chi connectivity index (χ1n) is 6.25. The van der Waals surface area contributed by atoms with Crippen molar-refractivity contribution in [1.82, 2.24) is 10.1 Å². The Morgan fingerprint density at radius 3 is 2.70 bits per heavy atom. The van der Waals surface area contributed by atoms with Crippen LogP contribution < -0.4 is 5.73 Å². The molecule has 1 heterocycles. The number of nitrogens with zero attached hydrogens (tertiary/aromatic N) is 3. The summed E-state index contributed by atoms with van der Waals surface area (Å²) >= 11 is 0. The van der Waals surface area contributed by atoms with Crippen molar-refractivity contribution in [2.45, 2.75) is 26.8 Å². The van der Waals surface area contributed by atoms with Crippen LogP contribution in [-0.2, 0) is 0 Å². The summed E-state index contributed by atoms with van der Waals surface area (Å²) in [5, 5.41) is 15.0. The van der Waals surface area contributed by atoms with Crippen molar-refractivity contribution in [1.29, 1.82) is 0 Å². The number of aromatic nitrogens is 2. The minimum Gasteiger partial charge on any atom is -0.334 e. The van der Waals surface area contributed by atoms with Crippen molar-refractivity contribution in [3.05, 3.63) is 39.7 Å². The van der Waals surface area contributed by atoms with Gasteiger partial charge in [-0.05, 0) is 18.9 Å². The fraction of sp³-hybridized carbons (Fsp3) is 0.385. The van der Waals surface area contributed by atoms with Crippen LogP contribution in [0.1, 0.15) is 31.3 Å². The highest BCUT2D eigenvalue weighted by Gasteiger charge is 2.24. The van der Waals surface area contributed by atoms with Crippen molar-refractivity contribution in [3.8, 4) is 11.5 Å². The third kappa shape index (κ3) is 2.53. The molecule has 7 nitrogen and oxygen atoms in total. The second-order valence-corrected chi connectivity index (χ2v) is 4.96. The van der Waals surface area contributed by atoms with Crippen molar-refractivity contribution >= 4 is 5.69 Å². The standard InChI is InChI=1S/C13H16N4O3/c1-7(2)10(14)12-15-13(20-16-12)9-6-4-5-8(3)11(9)17(18)19/h4-7,10H,14H2,1-3H3. The first kappa shape index (κ1) is 14.1. The maximum Gasteiger partial charge on any atom is 0.285 e. The number of para-hydroxylation sites is 1. The highest BCUT2D eigenvalue weighted by molar-refractivity contribution is 5.69. The van der Waals surface area contributed by atoms with E-state index in [1.165, 1.54) is 0 Å². The van der Waals surface area contributed by atoms with Crippen LogP contribution >= 0.6 is 0 Å². The van der Waals surface area contributed by atoms with Crippen molar-refractivity contribution in [2.24, 2.45) is 11.7 Å². The highest BCUT2D eigenvalue weighted by Crippen LogP contribution is 2.32. The molecule has 1 atom stereocenters. The van der Waals surface area contributed by atoms with Crippen LogP contribution in [0.2, 0.25) is 0 Å². The van der Waals surface area contributed by atoms with E-state index in [0.29, 0.717) is 17.0 Å². The predicted octanol–water partition coefficient (Wildman–Crippen LogP) is 2.61. The van der Waals surface area contributed by atoms with Gasteiger partial charge in [-0.3, -0.25) is 10.1 Å². The zero-order chi connectivity index (χ0) is 14.9. The first-order chi connectivity index (χ1) is 9.41. The van der Waals surface area contributed by atoms with Gasteiger partial charge in [0.2, 0.25) is 0 Å². The molecule has 2 aromatic rings. The lowest BCUT2D eigenvalue weighted by Crippen LogP contribution is -2.18. The van der Waals surface area contributed by atoms with E-state index in [0.717, 1.165) is 0 Å². The Bertz CT molecular complexity index is 636. The van der Waals surface area contributed by atoms with Crippen molar-refractivity contribution in [2.75, 3.05) is 0 Å². The number of benzene rings is 1. The van der Waals surface area contributed by atoms with Crippen molar-refractivity contribution < 1.29 is 9.45 Å². The molecule has 0 aliphatic rings. The third-order valence-electron chi connectivity index (χ3n) is 3.11. The summed E-state index contributed by atoms with van der Waals surface area (Å²) in [6.07, 6.45) is 0. The van der Waals surface area contributed by atoms with E-state index in [-0.39, 0.29) is 23.5 Å². The summed E-state index contributed by atoms with van der Waals surface area (Å²) in [5.74, 6) is 0.616. The van der Waals surface area contributed by atoms with E-state index in [2.05, 4.69) is 10.1 Å². The molecule has 0 spiro atoms. The van der Waals surface area contributed by atoms with Crippen LogP contribution in [0.3, 0.4) is 0 Å². The molecule has 0 fully saturated rings. The smallest absolute Gasteiger partial charge is 0.285 e. The molecule has 0 saturated carbocycles. The van der Waals surface area contributed by atoms with E-state index in [9.17, 15) is 10.1 Å². The van der Waals surface area contributed by atoms with Crippen LogP contribution in [0, 0.1) is 23.0 Å². The first-order valence-corrected chi connectivity index (χ1v) is 6.25. The van der Waals surface area contributed by atoms with Gasteiger partial charge in [0.25, 0.3) is 11.6 Å². The molecular formula is C13H16N4O3. The molecule has 0 saturated heterocycles. The third-order valence-corrected chi connectivity index (χ3v) is 3.11. The maximum atomic E-state index is 11.2. The Balaban J connectivity index is 2.48. The van der Waals surface area contributed by atoms with E-state index in [4.69, 9.17) is 10.3 Å². The lowest BCUT2D eigenvalue weighted by atomic mass is 10.1. The van der Waals surface area contributed by atoms with E-state index in [1.807, 2.05) is 13.8 Å². The topological polar surface area (TPSA) is 108 Å². The monoisotopic (exact) mass is 276 g/mol. The molecule has 2 N–H and O–H groups in total. The van der Waals surface area contributed by atoms with Gasteiger partial charge in [-0.2, -0.15) is 4.98 Å². The van der Waals surface area contributed by atoms with E-state index in [1.54, 1.807) is 25.1 Å². The largest absolute Gasteiger partial charge is 0.334 e. The molecule has 2 rings (SSSR count). The van der Waals surface area contributed by atoms with Gasteiger partial charge < -0.3 is 10.3 Å². The van der Waals surface area contributed by atoms with Crippen molar-refractivity contribution in [3.63, 3.8) is 0 Å². The average Bonchev–Trinajstić information content (AvgIpc) is 2.86. The molecule has 0 aliphatic carbocycles. The molecular weight excluding hydrogens is 260 g/mol. The number of nitro groups is 1. The number of nitro benzene ring substituents is 1. The van der Waals surface area contributed by atoms with Crippen LogP contribution in [0.4, 0.5) is 5.69 Å². The minimum absolute atomic E-state index is 0.0270. The van der Waals surface area contributed by atoms with Crippen LogP contribution in [0.25, 0.3) is 11.5 Å². The SMILES string of the molecule is Cc1cccc(-c2nc(C(N)C(C)C)no2)c1[N+](=O)[O-]. The molecule has 0 aliphatic heterocycles. The average molecular weight is 276 g/mol. The Morgan fingerprint density at radius 2 is 2.10 bits per heavy atom. The normalized spacial score (nSPS) is 12.7. The molecule has 0 amide bonds. The molecule has 7 heteroatoms. The summed E-state index contributed by atoms with van der Waals surface area (Å²) in [5.41, 5.74) is 6.76. The molecule has 1 unspecified atom stereocenters. The summed E-state index contributed by atoms with van der Waals surface area (Å²) in [4.78, 5) is 14.9. The minimum atomic E-state index is -0.448. The zero-order valence-electron chi connectivity index (χ0n) is 11.5. The van der Waals surface area contributed by atoms with Gasteiger partial charge in [0.1, 0.15) is 5.56 Å². The number of hydrogen-bond acceptors (Lipinski definition) is 6. The Hall–Kier alpha value is -2.28. The quantitative estimate of drug-likeness (QED) is 0.679. The number of hydrogen-bond donors (Lipinski definition) is 1. The van der Waals surface area contributed by atoms with Crippen LogP contribution in [0.5, 0.6) is 0 Å². The number of rotatable bonds is 4. The van der Waals surface area contributed by atoms with Gasteiger partial charge in [0, 0.05) is 5.56 Å². The maximum absolute atomic E-state index is 11.2. The number of nitrogens with two attached hydrogens (primary N) is 1. The second kappa shape index (κ2) is 5.38. The van der Waals surface area contributed by atoms with Crippen LogP contribution in [0.15, 0.2) is 22.7 Å². The Labute approximate surface area is 115 Å². The summed E-state index contributed by atoms with van der Waals surface area (Å²) < 4.78 is 5.12. The van der Waals surface area contributed by atoms with Gasteiger partial charge >= 0.3 is 0 Å². The lowest BCUT2D eigenvalue weighted by molar-refractivity contribution is -0.384. The predicted molar refractivity (Wildman–Crippen MR) is 72.9 cm³/mol. The van der Waals surface area contributed by atoms with Gasteiger partial charge in [-0.15, -0.1) is 0 Å². The summed E-state index contributed by atoms with van der Waals surface area (Å²) in [6.45, 7) is 5.55. The fourth-order valence-electron chi connectivity index (χ4n) is 1.85. The summed E-state index contributed by atoms with van der Waals surface area (Å²) in [6, 6.07) is 4.60. The second-order valence-electron chi connectivity index (χ2n) is 4.96. The molecule has 1 aromatic carbocycles. The lowest BCUT2D eigenvalue weighted by Gasteiger charge is -2.09. The highest BCUT2D eigenvalue weighted by atomic mass is 16.6. The van der Waals surface area contributed by atoms with Gasteiger partial charge in [0.15, 0.2) is 5.82 Å². The van der Waals surface area contributed by atoms with Gasteiger partial charge in [-0.25, -0.2) is 0 Å². The molecule has 0 bridgehead atoms. The Kier molecular flexibility index (Phi) is 3.80. The summed E-state index contributed by atoms with van der Waals surface area (Å²) in [7, 11) is 0.